The molecule has 0 bridgehead atoms. The molecule has 0 aromatic carbocycles. The highest BCUT2D eigenvalue weighted by Gasteiger charge is 2.29. The van der Waals surface area contributed by atoms with Crippen molar-refractivity contribution in [1.82, 2.24) is 0 Å². The van der Waals surface area contributed by atoms with Crippen molar-refractivity contribution < 1.29 is 5.48 Å². The van der Waals surface area contributed by atoms with Gasteiger partial charge in [0.1, 0.15) is 0 Å². The van der Waals surface area contributed by atoms with Crippen LogP contribution in [-0.4, -0.2) is 8.07 Å². The van der Waals surface area contributed by atoms with Crippen molar-refractivity contribution in [2.24, 2.45) is 5.89 Å². The van der Waals surface area contributed by atoms with Gasteiger partial charge in [0.25, 0.3) is 0 Å². The van der Waals surface area contributed by atoms with Crippen molar-refractivity contribution in [3.8, 4) is 0 Å². The molecule has 0 radical (unpaired) electrons. The average molecular weight is 132 g/mol. The lowest BCUT2D eigenvalue weighted by atomic mass is 10.2. The Kier molecular flexibility index (Phi) is 0.670. The van der Waals surface area contributed by atoms with Gasteiger partial charge in [-0.3, -0.25) is 0 Å². The Morgan fingerprint density at radius 2 is 2.62 bits per heavy atom. The van der Waals surface area contributed by atoms with Crippen LogP contribution in [-0.2, 0) is 0 Å². The molecular formula is C7H16Si. The molecule has 0 saturated carbocycles. The first-order valence-corrected chi connectivity index (χ1v) is 6.08. The van der Waals surface area contributed by atoms with Gasteiger partial charge < -0.3 is 0 Å². The van der Waals surface area contributed by atoms with Crippen LogP contribution < -0.4 is 0 Å². The van der Waals surface area contributed by atoms with E-state index in [0.29, 0.717) is 6.04 Å². The fourth-order valence-corrected chi connectivity index (χ4v) is 4.00. The molecule has 1 unspecified atom stereocenters. The van der Waals surface area contributed by atoms with Gasteiger partial charge in [0.2, 0.25) is 0 Å². The second-order valence-electron chi connectivity index (χ2n) is 3.19. The van der Waals surface area contributed by atoms with Gasteiger partial charge in [-0.25, -0.2) is 0 Å². The number of hydrogen-bond donors (Lipinski definition) is 0. The van der Waals surface area contributed by atoms with Crippen molar-refractivity contribution >= 4 is 8.07 Å². The summed E-state index contributed by atoms with van der Waals surface area (Å²) in [6.07, 6.45) is 0.772. The SMILES string of the molecule is [2H]C([2H])([2H])[Si]1(C)CC[C@@]([2H])(C)C1. The van der Waals surface area contributed by atoms with E-state index < -0.39 is 20.4 Å². The molecule has 1 aliphatic heterocycles. The fourth-order valence-electron chi connectivity index (χ4n) is 1.33. The molecule has 0 N–H and O–H groups in total. The van der Waals surface area contributed by atoms with Gasteiger partial charge in [0.15, 0.2) is 0 Å². The first-order chi connectivity index (χ1) is 5.16. The third-order valence-corrected chi connectivity index (χ3v) is 4.53. The Labute approximate surface area is 58.9 Å². The second-order valence-corrected chi connectivity index (χ2v) is 7.17. The molecule has 1 rings (SSSR count). The summed E-state index contributed by atoms with van der Waals surface area (Å²) in [6.45, 7) is 2.02. The molecule has 1 fully saturated rings. The van der Waals surface area contributed by atoms with Crippen molar-refractivity contribution in [2.45, 2.75) is 38.5 Å². The van der Waals surface area contributed by atoms with Crippen LogP contribution in [0.15, 0.2) is 0 Å². The molecule has 0 aromatic heterocycles. The van der Waals surface area contributed by atoms with Gasteiger partial charge in [-0.1, -0.05) is 38.5 Å². The lowest BCUT2D eigenvalue weighted by molar-refractivity contribution is 0.658. The third kappa shape index (κ3) is 1.34. The Morgan fingerprint density at radius 1 is 1.88 bits per heavy atom. The molecule has 0 spiro atoms. The van der Waals surface area contributed by atoms with Crippen LogP contribution in [0, 0.1) is 5.89 Å². The summed E-state index contributed by atoms with van der Waals surface area (Å²) < 4.78 is 30.0. The molecular weight excluding hydrogens is 112 g/mol. The highest BCUT2D eigenvalue weighted by Crippen LogP contribution is 2.33. The standard InChI is InChI=1S/C7H16Si/c1-7-4-5-8(2,3)6-7/h7H,4-6H2,1-3H3/t7-/m1/s1/i2D3,7D/t7-,8?. The Hall–Kier alpha value is 0.217. The third-order valence-electron chi connectivity index (χ3n) is 1.80. The van der Waals surface area contributed by atoms with E-state index in [9.17, 15) is 0 Å². The van der Waals surface area contributed by atoms with Gasteiger partial charge in [0, 0.05) is 13.6 Å². The topological polar surface area (TPSA) is 0 Å². The van der Waals surface area contributed by atoms with Gasteiger partial charge in [-0.2, -0.15) is 0 Å². The molecule has 0 nitrogen and oxygen atoms in total. The summed E-state index contributed by atoms with van der Waals surface area (Å²) in [5.74, 6) is -0.463. The van der Waals surface area contributed by atoms with E-state index in [1.54, 1.807) is 0 Å². The monoisotopic (exact) mass is 132 g/mol. The van der Waals surface area contributed by atoms with E-state index in [2.05, 4.69) is 0 Å². The second kappa shape index (κ2) is 1.87. The van der Waals surface area contributed by atoms with Gasteiger partial charge in [-0.15, -0.1) is 0 Å². The maximum Gasteiger partial charge on any atom is 0.0476 e. The molecule has 0 amide bonds. The highest BCUT2D eigenvalue weighted by molar-refractivity contribution is 6.78. The Morgan fingerprint density at radius 3 is 2.88 bits per heavy atom. The minimum atomic E-state index is -2.11. The van der Waals surface area contributed by atoms with Crippen molar-refractivity contribution in [3.63, 3.8) is 0 Å². The van der Waals surface area contributed by atoms with Crippen LogP contribution >= 0.6 is 0 Å². The van der Waals surface area contributed by atoms with Crippen molar-refractivity contribution in [3.05, 3.63) is 0 Å². The van der Waals surface area contributed by atoms with Crippen LogP contribution in [0.3, 0.4) is 0 Å². The fraction of sp³-hybridized carbons (Fsp3) is 1.00. The zero-order valence-corrected chi connectivity index (χ0v) is 6.62. The zero-order chi connectivity index (χ0) is 9.62. The smallest absolute Gasteiger partial charge is 0.0476 e. The summed E-state index contributed by atoms with van der Waals surface area (Å²) in [7, 11) is -2.11. The van der Waals surface area contributed by atoms with Crippen LogP contribution in [0.2, 0.25) is 25.1 Å². The lowest BCUT2D eigenvalue weighted by Gasteiger charge is -2.12. The van der Waals surface area contributed by atoms with E-state index in [4.69, 9.17) is 5.48 Å². The van der Waals surface area contributed by atoms with E-state index in [1.165, 1.54) is 0 Å². The normalized spacial score (nSPS) is 65.8. The van der Waals surface area contributed by atoms with Crippen LogP contribution in [0.5, 0.6) is 0 Å². The molecule has 0 aliphatic carbocycles. The van der Waals surface area contributed by atoms with E-state index >= 15 is 0 Å². The van der Waals surface area contributed by atoms with E-state index in [1.807, 2.05) is 13.5 Å². The highest BCUT2D eigenvalue weighted by atomic mass is 28.3. The number of rotatable bonds is 0. The molecule has 1 aliphatic rings. The summed E-state index contributed by atoms with van der Waals surface area (Å²) in [6, 6.07) is 1.43. The number of hydrogen-bond acceptors (Lipinski definition) is 0. The van der Waals surface area contributed by atoms with E-state index in [0.717, 1.165) is 12.5 Å². The molecule has 1 heterocycles. The van der Waals surface area contributed by atoms with Gasteiger partial charge in [-0.05, 0) is 5.89 Å². The van der Waals surface area contributed by atoms with Crippen molar-refractivity contribution in [2.75, 3.05) is 0 Å². The predicted molar refractivity (Wildman–Crippen MR) is 40.9 cm³/mol. The van der Waals surface area contributed by atoms with Crippen LogP contribution in [0.25, 0.3) is 0 Å². The summed E-state index contributed by atoms with van der Waals surface area (Å²) in [5, 5.41) is 0. The lowest BCUT2D eigenvalue weighted by Crippen LogP contribution is -2.18. The molecule has 2 atom stereocenters. The van der Waals surface area contributed by atoms with Crippen molar-refractivity contribution in [1.29, 1.82) is 0 Å². The average Bonchev–Trinajstić information content (AvgIpc) is 2.05. The molecule has 1 saturated heterocycles. The maximum absolute atomic E-state index is 7.81. The molecule has 0 aromatic rings. The first-order valence-electron chi connectivity index (χ1n) is 5.16. The predicted octanol–water partition coefficient (Wildman–Crippen LogP) is 2.73. The van der Waals surface area contributed by atoms with Gasteiger partial charge in [0.05, 0.1) is 0 Å². The quantitative estimate of drug-likeness (QED) is 0.445. The minimum Gasteiger partial charge on any atom is -0.0693 e. The Balaban J connectivity index is 2.78. The Bertz CT molecular complexity index is 186. The molecule has 48 valence electrons. The first kappa shape index (κ1) is 2.87. The van der Waals surface area contributed by atoms with Crippen LogP contribution in [0.1, 0.15) is 18.8 Å². The summed E-state index contributed by atoms with van der Waals surface area (Å²) >= 11 is 0. The zero-order valence-electron chi connectivity index (χ0n) is 9.62. The summed E-state index contributed by atoms with van der Waals surface area (Å²) in [4.78, 5) is 0. The largest absolute Gasteiger partial charge is 0.0693 e. The van der Waals surface area contributed by atoms with Crippen LogP contribution in [0.4, 0.5) is 0 Å². The summed E-state index contributed by atoms with van der Waals surface area (Å²) in [5.41, 5.74) is 0. The van der Waals surface area contributed by atoms with Gasteiger partial charge >= 0.3 is 0 Å². The maximum atomic E-state index is 7.81. The molecule has 8 heavy (non-hydrogen) atoms. The molecule has 1 heteroatoms. The van der Waals surface area contributed by atoms with E-state index in [-0.39, 0.29) is 0 Å². The minimum absolute atomic E-state index is 0.463.